The van der Waals surface area contributed by atoms with Crippen LogP contribution in [-0.2, 0) is 14.3 Å². The number of amides is 2. The molecule has 48 heavy (non-hydrogen) atoms. The number of aliphatic hydroxyl groups excluding tert-OH is 3. The van der Waals surface area contributed by atoms with Crippen LogP contribution in [-0.4, -0.2) is 89.4 Å². The molecule has 0 aromatic heterocycles. The number of aliphatic hydroxyl groups is 3. The van der Waals surface area contributed by atoms with Crippen molar-refractivity contribution in [2.24, 2.45) is 0 Å². The first-order valence-corrected chi connectivity index (χ1v) is 20.3. The smallest absolute Gasteiger partial charge is 0.234 e. The summed E-state index contributed by atoms with van der Waals surface area (Å²) in [4.78, 5) is 27.9. The third-order valence-electron chi connectivity index (χ3n) is 9.94. The number of nitrogens with zero attached hydrogens (tertiary/aromatic N) is 1. The first-order chi connectivity index (χ1) is 23.4. The molecule has 1 rings (SSSR count). The van der Waals surface area contributed by atoms with Gasteiger partial charge in [-0.05, 0) is 19.9 Å². The molecule has 9 heteroatoms. The molecule has 0 aromatic carbocycles. The number of nitrogens with one attached hydrogen (secondary N) is 2. The molecule has 2 amide bonds. The minimum Gasteiger partial charge on any atom is -0.394 e. The van der Waals surface area contributed by atoms with Crippen molar-refractivity contribution in [2.45, 2.75) is 211 Å². The molecule has 5 N–H and O–H groups in total. The van der Waals surface area contributed by atoms with Gasteiger partial charge >= 0.3 is 0 Å². The SMILES string of the molecule is CCCCCCCCCCCCCCCCCC(=O)N(CCCCCCCCCCCC)[C@@H]1O[C@H](CO)[C@@H](O)[C@H](O)[C@H]1NC(=O)CNC. The van der Waals surface area contributed by atoms with Gasteiger partial charge < -0.3 is 35.6 Å². The largest absolute Gasteiger partial charge is 0.394 e. The lowest BCUT2D eigenvalue weighted by Crippen LogP contribution is -2.69. The molecule has 0 radical (unpaired) electrons. The quantitative estimate of drug-likeness (QED) is 0.0477. The highest BCUT2D eigenvalue weighted by molar-refractivity contribution is 5.79. The summed E-state index contributed by atoms with van der Waals surface area (Å²) in [6.45, 7) is 4.48. The molecule has 1 saturated heterocycles. The van der Waals surface area contributed by atoms with E-state index in [0.717, 1.165) is 38.5 Å². The summed E-state index contributed by atoms with van der Waals surface area (Å²) in [6, 6.07) is -1.00. The topological polar surface area (TPSA) is 131 Å². The fourth-order valence-electron chi connectivity index (χ4n) is 6.87. The lowest BCUT2D eigenvalue weighted by atomic mass is 9.94. The number of likely N-dealkylation sites (N-methyl/N-ethyl adjacent to an activating group) is 1. The standard InChI is InChI=1S/C39H77N3O6/c1-4-6-8-10-12-14-16-17-18-19-20-21-23-25-27-29-35(45)42(30-28-26-24-22-15-13-11-9-7-5-2)39-36(41-34(44)31-40-3)38(47)37(46)33(32-43)48-39/h33,36-40,43,46-47H,4-32H2,1-3H3,(H,41,44)/t33-,36-,37-,38-,39-/m1/s1. The molecule has 1 heterocycles. The average Bonchev–Trinajstić information content (AvgIpc) is 3.08. The Bertz CT molecular complexity index is 772. The van der Waals surface area contributed by atoms with Crippen LogP contribution in [0.5, 0.6) is 0 Å². The van der Waals surface area contributed by atoms with Gasteiger partial charge in [0.25, 0.3) is 0 Å². The van der Waals surface area contributed by atoms with Crippen LogP contribution in [0.4, 0.5) is 0 Å². The van der Waals surface area contributed by atoms with E-state index in [9.17, 15) is 24.9 Å². The minimum atomic E-state index is -1.38. The Morgan fingerprint density at radius 1 is 0.625 bits per heavy atom. The maximum atomic E-state index is 13.7. The second-order valence-electron chi connectivity index (χ2n) is 14.3. The monoisotopic (exact) mass is 684 g/mol. The summed E-state index contributed by atoms with van der Waals surface area (Å²) in [7, 11) is 1.65. The third-order valence-corrected chi connectivity index (χ3v) is 9.94. The summed E-state index contributed by atoms with van der Waals surface area (Å²) < 4.78 is 6.07. The molecule has 1 fully saturated rings. The van der Waals surface area contributed by atoms with Crippen LogP contribution in [0.1, 0.15) is 181 Å². The van der Waals surface area contributed by atoms with Gasteiger partial charge in [-0.15, -0.1) is 0 Å². The summed E-state index contributed by atoms with van der Waals surface area (Å²) in [5.74, 6) is -0.433. The van der Waals surface area contributed by atoms with Gasteiger partial charge in [0.05, 0.1) is 13.2 Å². The van der Waals surface area contributed by atoms with E-state index in [4.69, 9.17) is 4.74 Å². The molecule has 1 aliphatic heterocycles. The van der Waals surface area contributed by atoms with Crippen molar-refractivity contribution >= 4 is 11.8 Å². The molecule has 9 nitrogen and oxygen atoms in total. The van der Waals surface area contributed by atoms with Gasteiger partial charge in [0.2, 0.25) is 11.8 Å². The Labute approximate surface area is 294 Å². The van der Waals surface area contributed by atoms with E-state index < -0.39 is 37.2 Å². The summed E-state index contributed by atoms with van der Waals surface area (Å²) in [5, 5.41) is 37.1. The van der Waals surface area contributed by atoms with Crippen molar-refractivity contribution in [1.29, 1.82) is 0 Å². The molecule has 0 saturated carbocycles. The normalized spacial score (nSPS) is 21.0. The van der Waals surface area contributed by atoms with Crippen molar-refractivity contribution in [3.8, 4) is 0 Å². The van der Waals surface area contributed by atoms with Crippen LogP contribution in [0.3, 0.4) is 0 Å². The molecule has 0 aliphatic carbocycles. The van der Waals surface area contributed by atoms with E-state index in [2.05, 4.69) is 24.5 Å². The predicted octanol–water partition coefficient (Wildman–Crippen LogP) is 7.14. The predicted molar refractivity (Wildman–Crippen MR) is 197 cm³/mol. The lowest BCUT2D eigenvalue weighted by molar-refractivity contribution is -0.231. The summed E-state index contributed by atoms with van der Waals surface area (Å²) in [6.07, 6.45) is 26.2. The van der Waals surface area contributed by atoms with Gasteiger partial charge in [0, 0.05) is 13.0 Å². The highest BCUT2D eigenvalue weighted by atomic mass is 16.5. The van der Waals surface area contributed by atoms with Crippen LogP contribution < -0.4 is 10.6 Å². The summed E-state index contributed by atoms with van der Waals surface area (Å²) in [5.41, 5.74) is 0. The van der Waals surface area contributed by atoms with Crippen LogP contribution >= 0.6 is 0 Å². The van der Waals surface area contributed by atoms with Crippen molar-refractivity contribution in [3.05, 3.63) is 0 Å². The number of ether oxygens (including phenoxy) is 1. The molecule has 0 aromatic rings. The Morgan fingerprint density at radius 3 is 1.46 bits per heavy atom. The second-order valence-corrected chi connectivity index (χ2v) is 14.3. The van der Waals surface area contributed by atoms with E-state index >= 15 is 0 Å². The van der Waals surface area contributed by atoms with Crippen LogP contribution in [0.2, 0.25) is 0 Å². The molecule has 0 spiro atoms. The Hall–Kier alpha value is -1.26. The highest BCUT2D eigenvalue weighted by Gasteiger charge is 2.48. The summed E-state index contributed by atoms with van der Waals surface area (Å²) >= 11 is 0. The lowest BCUT2D eigenvalue weighted by Gasteiger charge is -2.47. The van der Waals surface area contributed by atoms with E-state index in [1.54, 1.807) is 11.9 Å². The molecule has 1 aliphatic rings. The van der Waals surface area contributed by atoms with Gasteiger partial charge in [-0.25, -0.2) is 0 Å². The van der Waals surface area contributed by atoms with E-state index in [1.165, 1.54) is 122 Å². The van der Waals surface area contributed by atoms with Gasteiger partial charge in [-0.3, -0.25) is 9.59 Å². The second kappa shape index (κ2) is 30.6. The van der Waals surface area contributed by atoms with Crippen LogP contribution in [0.25, 0.3) is 0 Å². The zero-order chi connectivity index (χ0) is 35.2. The number of hydrogen-bond donors (Lipinski definition) is 5. The maximum absolute atomic E-state index is 13.7. The van der Waals surface area contributed by atoms with E-state index in [0.29, 0.717) is 13.0 Å². The van der Waals surface area contributed by atoms with Crippen molar-refractivity contribution < 1.29 is 29.6 Å². The zero-order valence-electron chi connectivity index (χ0n) is 31.4. The number of hydrogen-bond acceptors (Lipinski definition) is 7. The van der Waals surface area contributed by atoms with E-state index in [-0.39, 0.29) is 18.4 Å². The molecular formula is C39H77N3O6. The van der Waals surface area contributed by atoms with E-state index in [1.807, 2.05) is 0 Å². The fraction of sp³-hybridized carbons (Fsp3) is 0.949. The molecule has 0 bridgehead atoms. The maximum Gasteiger partial charge on any atom is 0.234 e. The third kappa shape index (κ3) is 20.4. The van der Waals surface area contributed by atoms with Crippen molar-refractivity contribution in [3.63, 3.8) is 0 Å². The van der Waals surface area contributed by atoms with Gasteiger partial charge in [-0.1, -0.05) is 162 Å². The molecule has 0 unspecified atom stereocenters. The Balaban J connectivity index is 2.60. The molecule has 5 atom stereocenters. The van der Waals surface area contributed by atoms with Crippen LogP contribution in [0.15, 0.2) is 0 Å². The Morgan fingerprint density at radius 2 is 1.04 bits per heavy atom. The zero-order valence-corrected chi connectivity index (χ0v) is 31.4. The first-order valence-electron chi connectivity index (χ1n) is 20.3. The van der Waals surface area contributed by atoms with Gasteiger partial charge in [0.15, 0.2) is 6.23 Å². The number of rotatable bonds is 32. The molecule has 284 valence electrons. The number of unbranched alkanes of at least 4 members (excludes halogenated alkanes) is 23. The first kappa shape index (κ1) is 44.8. The minimum absolute atomic E-state index is 0.0287. The fourth-order valence-corrected chi connectivity index (χ4v) is 6.87. The van der Waals surface area contributed by atoms with Crippen LogP contribution in [0, 0.1) is 0 Å². The molecular weight excluding hydrogens is 606 g/mol. The van der Waals surface area contributed by atoms with Gasteiger partial charge in [-0.2, -0.15) is 0 Å². The van der Waals surface area contributed by atoms with Gasteiger partial charge in [0.1, 0.15) is 24.4 Å². The Kier molecular flexibility index (Phi) is 28.5. The average molecular weight is 684 g/mol. The number of carbonyl (C=O) groups is 2. The highest BCUT2D eigenvalue weighted by Crippen LogP contribution is 2.26. The van der Waals surface area contributed by atoms with Crippen molar-refractivity contribution in [1.82, 2.24) is 15.5 Å². The van der Waals surface area contributed by atoms with Crippen molar-refractivity contribution in [2.75, 3.05) is 26.7 Å². The number of carbonyl (C=O) groups excluding carboxylic acids is 2.